The Kier molecular flexibility index (Phi) is 7.26. The number of rotatable bonds is 7. The van der Waals surface area contributed by atoms with Gasteiger partial charge in [-0.1, -0.05) is 59.6 Å². The third-order valence-electron chi connectivity index (χ3n) is 6.22. The summed E-state index contributed by atoms with van der Waals surface area (Å²) in [5.74, 6) is -0.306. The molecule has 1 aliphatic heterocycles. The number of carbonyl (C=O) groups is 1. The lowest BCUT2D eigenvalue weighted by atomic mass is 9.74. The fourth-order valence-corrected chi connectivity index (χ4v) is 5.48. The highest BCUT2D eigenvalue weighted by Crippen LogP contribution is 2.34. The van der Waals surface area contributed by atoms with Crippen LogP contribution in [0.1, 0.15) is 34.3 Å². The minimum atomic E-state index is -3.76. The van der Waals surface area contributed by atoms with Crippen molar-refractivity contribution in [3.8, 4) is 0 Å². The summed E-state index contributed by atoms with van der Waals surface area (Å²) >= 11 is 6.38. The van der Waals surface area contributed by atoms with Crippen LogP contribution in [0.4, 0.5) is 5.69 Å². The highest BCUT2D eigenvalue weighted by molar-refractivity contribution is 7.92. The average molecular weight is 499 g/mol. The molecule has 1 aliphatic rings. The lowest BCUT2D eigenvalue weighted by Crippen LogP contribution is -2.44. The maximum Gasteiger partial charge on any atom is 0.261 e. The third-order valence-corrected chi connectivity index (χ3v) is 7.93. The molecule has 0 aliphatic carbocycles. The number of benzene rings is 3. The predicted octanol–water partition coefficient (Wildman–Crippen LogP) is 4.93. The van der Waals surface area contributed by atoms with Gasteiger partial charge in [0.05, 0.1) is 21.2 Å². The van der Waals surface area contributed by atoms with Gasteiger partial charge >= 0.3 is 0 Å². The largest absolute Gasteiger partial charge is 0.381 e. The van der Waals surface area contributed by atoms with Crippen LogP contribution in [-0.2, 0) is 20.2 Å². The molecule has 0 bridgehead atoms. The highest BCUT2D eigenvalue weighted by Gasteiger charge is 2.35. The second-order valence-electron chi connectivity index (χ2n) is 8.55. The molecule has 6 nitrogen and oxygen atoms in total. The van der Waals surface area contributed by atoms with Crippen molar-refractivity contribution in [3.63, 3.8) is 0 Å². The second kappa shape index (κ2) is 10.2. The van der Waals surface area contributed by atoms with Gasteiger partial charge in [-0.3, -0.25) is 9.52 Å². The average Bonchev–Trinajstić information content (AvgIpc) is 2.84. The van der Waals surface area contributed by atoms with Gasteiger partial charge < -0.3 is 10.1 Å². The summed E-state index contributed by atoms with van der Waals surface area (Å²) in [7, 11) is -3.76. The van der Waals surface area contributed by atoms with Gasteiger partial charge in [0.15, 0.2) is 0 Å². The summed E-state index contributed by atoms with van der Waals surface area (Å²) in [5, 5.41) is 3.20. The fourth-order valence-electron chi connectivity index (χ4n) is 4.16. The first-order valence-electron chi connectivity index (χ1n) is 11.1. The Hall–Kier alpha value is -2.87. The Bertz CT molecular complexity index is 1260. The quantitative estimate of drug-likeness (QED) is 0.484. The molecule has 2 N–H and O–H groups in total. The zero-order valence-electron chi connectivity index (χ0n) is 18.9. The number of halogens is 1. The Balaban J connectivity index is 1.47. The second-order valence-corrected chi connectivity index (χ2v) is 10.6. The van der Waals surface area contributed by atoms with Crippen molar-refractivity contribution in [2.45, 2.75) is 30.1 Å². The van der Waals surface area contributed by atoms with Crippen molar-refractivity contribution in [1.82, 2.24) is 5.32 Å². The molecule has 178 valence electrons. The zero-order chi connectivity index (χ0) is 24.2. The van der Waals surface area contributed by atoms with Crippen LogP contribution in [0.5, 0.6) is 0 Å². The molecule has 3 aromatic carbocycles. The molecule has 1 amide bonds. The first-order valence-corrected chi connectivity index (χ1v) is 13.0. The van der Waals surface area contributed by atoms with Crippen molar-refractivity contribution >= 4 is 33.2 Å². The third kappa shape index (κ3) is 5.43. The number of amides is 1. The first-order chi connectivity index (χ1) is 16.3. The Morgan fingerprint density at radius 3 is 2.32 bits per heavy atom. The SMILES string of the molecule is Cc1ccc(S(=O)(=O)Nc2ccc(C(=O)NCC3(c4ccccc4)CCOCC3)c(Cl)c2)cc1. The van der Waals surface area contributed by atoms with E-state index >= 15 is 0 Å². The van der Waals surface area contributed by atoms with Crippen LogP contribution >= 0.6 is 11.6 Å². The molecular formula is C26H27ClN2O4S. The maximum atomic E-state index is 13.0. The summed E-state index contributed by atoms with van der Waals surface area (Å²) in [6.45, 7) is 3.62. The molecule has 1 fully saturated rings. The number of sulfonamides is 1. The van der Waals surface area contributed by atoms with E-state index in [0.717, 1.165) is 18.4 Å². The number of anilines is 1. The van der Waals surface area contributed by atoms with Gasteiger partial charge in [-0.25, -0.2) is 8.42 Å². The van der Waals surface area contributed by atoms with Gasteiger partial charge in [-0.2, -0.15) is 0 Å². The number of hydrogen-bond acceptors (Lipinski definition) is 4. The smallest absolute Gasteiger partial charge is 0.261 e. The van der Waals surface area contributed by atoms with E-state index in [0.29, 0.717) is 19.8 Å². The van der Waals surface area contributed by atoms with E-state index in [2.05, 4.69) is 22.2 Å². The molecule has 0 spiro atoms. The first kappa shape index (κ1) is 24.3. The Morgan fingerprint density at radius 2 is 1.68 bits per heavy atom. The predicted molar refractivity (Wildman–Crippen MR) is 134 cm³/mol. The van der Waals surface area contributed by atoms with Crippen LogP contribution in [0.25, 0.3) is 0 Å². The summed E-state index contributed by atoms with van der Waals surface area (Å²) < 4.78 is 33.4. The van der Waals surface area contributed by atoms with E-state index in [1.54, 1.807) is 24.3 Å². The van der Waals surface area contributed by atoms with Gasteiger partial charge in [0, 0.05) is 25.2 Å². The van der Waals surface area contributed by atoms with Gasteiger partial charge in [0.1, 0.15) is 0 Å². The summed E-state index contributed by atoms with van der Waals surface area (Å²) in [4.78, 5) is 13.1. The minimum Gasteiger partial charge on any atom is -0.381 e. The Morgan fingerprint density at radius 1 is 1.00 bits per heavy atom. The Labute approximate surface area is 205 Å². The van der Waals surface area contributed by atoms with E-state index in [4.69, 9.17) is 16.3 Å². The van der Waals surface area contributed by atoms with E-state index < -0.39 is 10.0 Å². The lowest BCUT2D eigenvalue weighted by Gasteiger charge is -2.38. The van der Waals surface area contributed by atoms with E-state index in [9.17, 15) is 13.2 Å². The van der Waals surface area contributed by atoms with Crippen molar-refractivity contribution < 1.29 is 17.9 Å². The van der Waals surface area contributed by atoms with Crippen molar-refractivity contribution in [3.05, 3.63) is 94.5 Å². The number of aryl methyl sites for hydroxylation is 1. The van der Waals surface area contributed by atoms with Crippen LogP contribution in [0.2, 0.25) is 5.02 Å². The number of carbonyl (C=O) groups excluding carboxylic acids is 1. The van der Waals surface area contributed by atoms with Crippen LogP contribution in [0.15, 0.2) is 77.7 Å². The normalized spacial score (nSPS) is 15.5. The molecular weight excluding hydrogens is 472 g/mol. The van der Waals surface area contributed by atoms with Crippen molar-refractivity contribution in [2.24, 2.45) is 0 Å². The molecule has 0 unspecified atom stereocenters. The minimum absolute atomic E-state index is 0.152. The fraction of sp³-hybridized carbons (Fsp3) is 0.269. The molecule has 0 aromatic heterocycles. The van der Waals surface area contributed by atoms with Gasteiger partial charge in [-0.05, 0) is 55.7 Å². The van der Waals surface area contributed by atoms with E-state index in [1.807, 2.05) is 25.1 Å². The van der Waals surface area contributed by atoms with Crippen LogP contribution in [0, 0.1) is 6.92 Å². The molecule has 1 heterocycles. The van der Waals surface area contributed by atoms with Crippen molar-refractivity contribution in [2.75, 3.05) is 24.5 Å². The zero-order valence-corrected chi connectivity index (χ0v) is 20.5. The molecule has 8 heteroatoms. The number of ether oxygens (including phenoxy) is 1. The van der Waals surface area contributed by atoms with E-state index in [-0.39, 0.29) is 32.5 Å². The van der Waals surface area contributed by atoms with Gasteiger partial charge in [0.25, 0.3) is 15.9 Å². The highest BCUT2D eigenvalue weighted by atomic mass is 35.5. The monoisotopic (exact) mass is 498 g/mol. The summed E-state index contributed by atoms with van der Waals surface area (Å²) in [5.41, 5.74) is 2.51. The summed E-state index contributed by atoms with van der Waals surface area (Å²) in [6, 6.07) is 21.2. The maximum absolute atomic E-state index is 13.0. The molecule has 1 saturated heterocycles. The lowest BCUT2D eigenvalue weighted by molar-refractivity contribution is 0.0487. The van der Waals surface area contributed by atoms with Crippen molar-refractivity contribution in [1.29, 1.82) is 0 Å². The molecule has 0 radical (unpaired) electrons. The van der Waals surface area contributed by atoms with Gasteiger partial charge in [0.2, 0.25) is 0 Å². The standard InChI is InChI=1S/C26H27ClN2O4S/c1-19-7-10-22(11-8-19)34(31,32)29-21-9-12-23(24(27)17-21)25(30)28-18-26(13-15-33-16-14-26)20-5-3-2-4-6-20/h2-12,17,29H,13-16,18H2,1H3,(H,28,30). The number of hydrogen-bond donors (Lipinski definition) is 2. The van der Waals surface area contributed by atoms with E-state index in [1.165, 1.54) is 23.8 Å². The van der Waals surface area contributed by atoms with Crippen LogP contribution < -0.4 is 10.0 Å². The van der Waals surface area contributed by atoms with Crippen LogP contribution in [-0.4, -0.2) is 34.1 Å². The number of nitrogens with one attached hydrogen (secondary N) is 2. The molecule has 34 heavy (non-hydrogen) atoms. The van der Waals surface area contributed by atoms with Crippen LogP contribution in [0.3, 0.4) is 0 Å². The summed E-state index contributed by atoms with van der Waals surface area (Å²) in [6.07, 6.45) is 1.62. The topological polar surface area (TPSA) is 84.5 Å². The molecule has 0 atom stereocenters. The molecule has 4 rings (SSSR count). The molecule has 3 aromatic rings. The van der Waals surface area contributed by atoms with Gasteiger partial charge in [-0.15, -0.1) is 0 Å². The molecule has 0 saturated carbocycles.